The van der Waals surface area contributed by atoms with Crippen molar-refractivity contribution in [3.63, 3.8) is 0 Å². The van der Waals surface area contributed by atoms with Crippen molar-refractivity contribution in [1.82, 2.24) is 0 Å². The summed E-state index contributed by atoms with van der Waals surface area (Å²) in [6.07, 6.45) is 0. The van der Waals surface area contributed by atoms with Gasteiger partial charge in [0.1, 0.15) is 4.90 Å². The minimum absolute atomic E-state index is 0.0703. The Bertz CT molecular complexity index is 778. The molecule has 0 bridgehead atoms. The van der Waals surface area contributed by atoms with Gasteiger partial charge in [0.15, 0.2) is 0 Å². The maximum Gasteiger partial charge on any atom is 0.263 e. The van der Waals surface area contributed by atoms with E-state index in [0.29, 0.717) is 20.2 Å². The monoisotopic (exact) mass is 497 g/mol. The lowest BCUT2D eigenvalue weighted by Crippen LogP contribution is -2.14. The fourth-order valence-electron chi connectivity index (χ4n) is 1.63. The highest BCUT2D eigenvalue weighted by Crippen LogP contribution is 2.30. The van der Waals surface area contributed by atoms with Gasteiger partial charge in [0.2, 0.25) is 0 Å². The van der Waals surface area contributed by atoms with Gasteiger partial charge in [-0.2, -0.15) is 0 Å². The fraction of sp³-hybridized carbons (Fsp3) is 0.0769. The summed E-state index contributed by atoms with van der Waals surface area (Å²) in [5, 5.41) is 9.14. The third-order valence-corrected chi connectivity index (χ3v) is 6.18. The number of anilines is 1. The van der Waals surface area contributed by atoms with Gasteiger partial charge in [-0.15, -0.1) is 0 Å². The molecule has 0 unspecified atom stereocenters. The topological polar surface area (TPSA) is 66.4 Å². The van der Waals surface area contributed by atoms with Crippen molar-refractivity contribution < 1.29 is 13.5 Å². The number of hydrogen-bond acceptors (Lipinski definition) is 3. The van der Waals surface area contributed by atoms with E-state index in [-0.39, 0.29) is 11.5 Å². The molecule has 2 rings (SSSR count). The van der Waals surface area contributed by atoms with Gasteiger partial charge in [-0.05, 0) is 67.8 Å². The van der Waals surface area contributed by atoms with Gasteiger partial charge in [-0.25, -0.2) is 8.42 Å². The molecule has 0 aliphatic rings. The third kappa shape index (κ3) is 4.07. The van der Waals surface area contributed by atoms with Gasteiger partial charge in [0.25, 0.3) is 10.0 Å². The van der Waals surface area contributed by atoms with Crippen molar-refractivity contribution in [3.8, 4) is 0 Å². The molecule has 0 spiro atoms. The highest BCUT2D eigenvalue weighted by Gasteiger charge is 2.19. The van der Waals surface area contributed by atoms with E-state index in [1.165, 1.54) is 6.07 Å². The van der Waals surface area contributed by atoms with Gasteiger partial charge in [-0.3, -0.25) is 4.72 Å². The molecule has 2 aromatic rings. The summed E-state index contributed by atoms with van der Waals surface area (Å²) >= 11 is 9.82. The van der Waals surface area contributed by atoms with Crippen molar-refractivity contribution >= 4 is 63.5 Å². The van der Waals surface area contributed by atoms with Crippen LogP contribution < -0.4 is 4.72 Å². The zero-order valence-corrected chi connectivity index (χ0v) is 16.1. The number of nitrogens with one attached hydrogen (secondary N) is 1. The van der Waals surface area contributed by atoms with Gasteiger partial charge >= 0.3 is 0 Å². The molecule has 0 saturated heterocycles. The molecular formula is C13H10Br3NO3S. The SMILES string of the molecule is O=S(=O)(Nc1cc(Br)ccc1Br)c1cc(CO)ccc1Br. The Kier molecular flexibility index (Phi) is 5.48. The maximum atomic E-state index is 12.5. The van der Waals surface area contributed by atoms with Crippen LogP contribution in [-0.4, -0.2) is 13.5 Å². The van der Waals surface area contributed by atoms with Gasteiger partial charge in [0.05, 0.1) is 12.3 Å². The molecule has 4 nitrogen and oxygen atoms in total. The number of rotatable bonds is 4. The van der Waals surface area contributed by atoms with E-state index in [0.717, 1.165) is 4.47 Å². The predicted molar refractivity (Wildman–Crippen MR) is 92.7 cm³/mol. The van der Waals surface area contributed by atoms with Crippen LogP contribution in [0, 0.1) is 0 Å². The summed E-state index contributed by atoms with van der Waals surface area (Å²) in [4.78, 5) is 0.0703. The molecule has 21 heavy (non-hydrogen) atoms. The second kappa shape index (κ2) is 6.78. The first-order valence-electron chi connectivity index (χ1n) is 5.70. The average Bonchev–Trinajstić information content (AvgIpc) is 2.43. The Morgan fingerprint density at radius 1 is 1.00 bits per heavy atom. The molecule has 0 aliphatic carbocycles. The van der Waals surface area contributed by atoms with Crippen molar-refractivity contribution in [2.24, 2.45) is 0 Å². The minimum Gasteiger partial charge on any atom is -0.392 e. The lowest BCUT2D eigenvalue weighted by atomic mass is 10.2. The molecule has 0 radical (unpaired) electrons. The molecule has 8 heteroatoms. The normalized spacial score (nSPS) is 11.4. The van der Waals surface area contributed by atoms with Gasteiger partial charge in [-0.1, -0.05) is 22.0 Å². The van der Waals surface area contributed by atoms with Crippen LogP contribution in [0.25, 0.3) is 0 Å². The molecule has 112 valence electrons. The summed E-state index contributed by atoms with van der Waals surface area (Å²) in [7, 11) is -3.77. The Hall–Kier alpha value is -0.410. The van der Waals surface area contributed by atoms with Crippen LogP contribution in [0.3, 0.4) is 0 Å². The lowest BCUT2D eigenvalue weighted by molar-refractivity contribution is 0.281. The van der Waals surface area contributed by atoms with Crippen LogP contribution in [0.4, 0.5) is 5.69 Å². The molecule has 0 saturated carbocycles. The van der Waals surface area contributed by atoms with E-state index >= 15 is 0 Å². The van der Waals surface area contributed by atoms with E-state index in [9.17, 15) is 8.42 Å². The van der Waals surface area contributed by atoms with E-state index in [1.54, 1.807) is 30.3 Å². The first-order chi connectivity index (χ1) is 9.83. The highest BCUT2D eigenvalue weighted by molar-refractivity contribution is 9.11. The van der Waals surface area contributed by atoms with E-state index < -0.39 is 10.0 Å². The van der Waals surface area contributed by atoms with Crippen LogP contribution in [0.5, 0.6) is 0 Å². The summed E-state index contributed by atoms with van der Waals surface area (Å²) in [6.45, 7) is -0.226. The summed E-state index contributed by atoms with van der Waals surface area (Å²) in [5.74, 6) is 0. The van der Waals surface area contributed by atoms with E-state index in [2.05, 4.69) is 52.5 Å². The maximum absolute atomic E-state index is 12.5. The van der Waals surface area contributed by atoms with E-state index in [4.69, 9.17) is 5.11 Å². The Morgan fingerprint density at radius 2 is 1.67 bits per heavy atom. The first kappa shape index (κ1) is 17.0. The standard InChI is InChI=1S/C13H10Br3NO3S/c14-9-2-4-10(15)12(6-9)17-21(19,20)13-5-8(7-18)1-3-11(13)16/h1-6,17-18H,7H2. The van der Waals surface area contributed by atoms with Crippen LogP contribution in [0.2, 0.25) is 0 Å². The Morgan fingerprint density at radius 3 is 2.33 bits per heavy atom. The number of benzene rings is 2. The van der Waals surface area contributed by atoms with Crippen LogP contribution >= 0.6 is 47.8 Å². The molecule has 0 aromatic heterocycles. The fourth-order valence-corrected chi connectivity index (χ4v) is 4.55. The van der Waals surface area contributed by atoms with Gasteiger partial charge in [0, 0.05) is 13.4 Å². The molecule has 2 N–H and O–H groups in total. The number of sulfonamides is 1. The van der Waals surface area contributed by atoms with Crippen molar-refractivity contribution in [2.75, 3.05) is 4.72 Å². The molecule has 0 atom stereocenters. The number of aliphatic hydroxyl groups is 1. The number of halogens is 3. The minimum atomic E-state index is -3.77. The van der Waals surface area contributed by atoms with Crippen LogP contribution in [-0.2, 0) is 16.6 Å². The molecule has 0 fully saturated rings. The summed E-state index contributed by atoms with van der Waals surface area (Å²) in [6, 6.07) is 9.86. The van der Waals surface area contributed by atoms with Crippen LogP contribution in [0.15, 0.2) is 54.7 Å². The van der Waals surface area contributed by atoms with E-state index in [1.807, 2.05) is 0 Å². The molecule has 0 heterocycles. The zero-order chi connectivity index (χ0) is 15.6. The smallest absolute Gasteiger partial charge is 0.263 e. The molecule has 0 amide bonds. The van der Waals surface area contributed by atoms with Crippen molar-refractivity contribution in [3.05, 3.63) is 55.4 Å². The zero-order valence-electron chi connectivity index (χ0n) is 10.5. The second-order valence-electron chi connectivity index (χ2n) is 4.15. The highest BCUT2D eigenvalue weighted by atomic mass is 79.9. The third-order valence-electron chi connectivity index (χ3n) is 2.64. The predicted octanol–water partition coefficient (Wildman–Crippen LogP) is 4.27. The largest absolute Gasteiger partial charge is 0.392 e. The second-order valence-corrected chi connectivity index (χ2v) is 8.43. The quantitative estimate of drug-likeness (QED) is 0.660. The van der Waals surface area contributed by atoms with Crippen molar-refractivity contribution in [1.29, 1.82) is 0 Å². The Labute approximate surface area is 148 Å². The number of hydrogen-bond donors (Lipinski definition) is 2. The summed E-state index contributed by atoms with van der Waals surface area (Å²) < 4.78 is 29.3. The first-order valence-corrected chi connectivity index (χ1v) is 9.57. The molecular weight excluding hydrogens is 490 g/mol. The van der Waals surface area contributed by atoms with Crippen molar-refractivity contribution in [2.45, 2.75) is 11.5 Å². The summed E-state index contributed by atoms with van der Waals surface area (Å²) in [5.41, 5.74) is 0.942. The van der Waals surface area contributed by atoms with Gasteiger partial charge < -0.3 is 5.11 Å². The molecule has 0 aliphatic heterocycles. The molecule has 2 aromatic carbocycles. The Balaban J connectivity index is 2.45. The average molecular weight is 500 g/mol. The number of aliphatic hydroxyl groups excluding tert-OH is 1. The van der Waals surface area contributed by atoms with Crippen LogP contribution in [0.1, 0.15) is 5.56 Å². The lowest BCUT2D eigenvalue weighted by Gasteiger charge is -2.12.